The lowest BCUT2D eigenvalue weighted by Gasteiger charge is -2.17. The Morgan fingerprint density at radius 3 is 2.60 bits per heavy atom. The lowest BCUT2D eigenvalue weighted by molar-refractivity contribution is -0.118. The molecule has 0 spiro atoms. The zero-order chi connectivity index (χ0) is 14.9. The number of amides is 1. The number of nitrogens with zero attached hydrogens (tertiary/aromatic N) is 2. The molecule has 1 aromatic carbocycles. The van der Waals surface area contributed by atoms with E-state index in [1.165, 1.54) is 12.1 Å². The quantitative estimate of drug-likeness (QED) is 0.894. The predicted molar refractivity (Wildman–Crippen MR) is 74.6 cm³/mol. The monoisotopic (exact) mass is 276 g/mol. The first-order chi connectivity index (χ1) is 9.38. The molecule has 0 aliphatic heterocycles. The molecule has 106 valence electrons. The summed E-state index contributed by atoms with van der Waals surface area (Å²) >= 11 is 0. The molecule has 2 rings (SSSR count). The highest BCUT2D eigenvalue weighted by Crippen LogP contribution is 2.23. The first-order valence-corrected chi connectivity index (χ1v) is 6.20. The Morgan fingerprint density at radius 2 is 2.10 bits per heavy atom. The minimum atomic E-state index is -0.745. The second-order valence-electron chi connectivity index (χ2n) is 4.81. The first-order valence-electron chi connectivity index (χ1n) is 6.20. The van der Waals surface area contributed by atoms with Crippen molar-refractivity contribution in [2.24, 2.45) is 12.8 Å². The van der Waals surface area contributed by atoms with Crippen LogP contribution in [0, 0.1) is 19.7 Å². The maximum Gasteiger partial charge on any atom is 0.244 e. The third kappa shape index (κ3) is 2.79. The Kier molecular flexibility index (Phi) is 3.74. The molecule has 2 aromatic rings. The molecule has 0 fully saturated rings. The molecule has 1 atom stereocenters. The van der Waals surface area contributed by atoms with Crippen LogP contribution in [0.1, 0.15) is 22.9 Å². The van der Waals surface area contributed by atoms with Gasteiger partial charge in [0, 0.05) is 24.0 Å². The van der Waals surface area contributed by atoms with E-state index >= 15 is 0 Å². The molecule has 0 saturated carbocycles. The Morgan fingerprint density at radius 1 is 1.40 bits per heavy atom. The van der Waals surface area contributed by atoms with Crippen LogP contribution < -0.4 is 11.1 Å². The van der Waals surface area contributed by atoms with Gasteiger partial charge in [0.25, 0.3) is 0 Å². The maximum atomic E-state index is 13.4. The SMILES string of the molecule is Cc1cc(F)cc(NC(C(N)=O)c2cnn(C)c2C)c1. The van der Waals surface area contributed by atoms with Crippen molar-refractivity contribution in [3.05, 3.63) is 47.0 Å². The normalized spacial score (nSPS) is 12.2. The molecule has 1 amide bonds. The zero-order valence-electron chi connectivity index (χ0n) is 11.6. The number of halogens is 1. The number of carbonyl (C=O) groups is 1. The van der Waals surface area contributed by atoms with Crippen molar-refractivity contribution < 1.29 is 9.18 Å². The number of rotatable bonds is 4. The van der Waals surface area contributed by atoms with Gasteiger partial charge in [0.1, 0.15) is 11.9 Å². The molecular weight excluding hydrogens is 259 g/mol. The van der Waals surface area contributed by atoms with E-state index in [0.717, 1.165) is 11.3 Å². The van der Waals surface area contributed by atoms with Gasteiger partial charge in [0.05, 0.1) is 6.20 Å². The van der Waals surface area contributed by atoms with Crippen LogP contribution in [0.15, 0.2) is 24.4 Å². The van der Waals surface area contributed by atoms with Crippen LogP contribution in [-0.4, -0.2) is 15.7 Å². The van der Waals surface area contributed by atoms with Gasteiger partial charge in [-0.15, -0.1) is 0 Å². The number of anilines is 1. The lowest BCUT2D eigenvalue weighted by atomic mass is 10.1. The van der Waals surface area contributed by atoms with Crippen molar-refractivity contribution in [3.63, 3.8) is 0 Å². The van der Waals surface area contributed by atoms with E-state index in [0.29, 0.717) is 11.3 Å². The standard InChI is InChI=1S/C14H17FN4O/c1-8-4-10(15)6-11(5-8)18-13(14(16)20)12-7-17-19(3)9(12)2/h4-7,13,18H,1-3H3,(H2,16,20). The van der Waals surface area contributed by atoms with Crippen molar-refractivity contribution in [2.45, 2.75) is 19.9 Å². The first kappa shape index (κ1) is 14.0. The fraction of sp³-hybridized carbons (Fsp3) is 0.286. The van der Waals surface area contributed by atoms with Crippen molar-refractivity contribution in [1.82, 2.24) is 9.78 Å². The van der Waals surface area contributed by atoms with Crippen LogP contribution in [0.2, 0.25) is 0 Å². The van der Waals surface area contributed by atoms with Crippen LogP contribution in [-0.2, 0) is 11.8 Å². The topological polar surface area (TPSA) is 72.9 Å². The highest BCUT2D eigenvalue weighted by molar-refractivity contribution is 5.84. The Labute approximate surface area is 116 Å². The number of hydrogen-bond donors (Lipinski definition) is 2. The van der Waals surface area contributed by atoms with Gasteiger partial charge >= 0.3 is 0 Å². The van der Waals surface area contributed by atoms with Gasteiger partial charge in [0.15, 0.2) is 0 Å². The average Bonchev–Trinajstić information content (AvgIpc) is 2.66. The average molecular weight is 276 g/mol. The van der Waals surface area contributed by atoms with Gasteiger partial charge in [-0.2, -0.15) is 5.10 Å². The summed E-state index contributed by atoms with van der Waals surface area (Å²) in [5.41, 5.74) is 8.22. The van der Waals surface area contributed by atoms with Gasteiger partial charge in [-0.3, -0.25) is 9.48 Å². The lowest BCUT2D eigenvalue weighted by Crippen LogP contribution is -2.28. The van der Waals surface area contributed by atoms with Crippen molar-refractivity contribution in [2.75, 3.05) is 5.32 Å². The van der Waals surface area contributed by atoms with E-state index in [2.05, 4.69) is 10.4 Å². The number of primary amides is 1. The predicted octanol–water partition coefficient (Wildman–Crippen LogP) is 1.81. The maximum absolute atomic E-state index is 13.4. The summed E-state index contributed by atoms with van der Waals surface area (Å²) in [7, 11) is 1.78. The van der Waals surface area contributed by atoms with Gasteiger partial charge in [-0.25, -0.2) is 4.39 Å². The van der Waals surface area contributed by atoms with E-state index in [4.69, 9.17) is 5.73 Å². The largest absolute Gasteiger partial charge is 0.370 e. The Bertz CT molecular complexity index is 630. The second kappa shape index (κ2) is 5.32. The molecule has 0 aliphatic rings. The number of benzene rings is 1. The molecule has 0 bridgehead atoms. The molecule has 1 aromatic heterocycles. The van der Waals surface area contributed by atoms with E-state index in [1.807, 2.05) is 6.92 Å². The van der Waals surface area contributed by atoms with Crippen molar-refractivity contribution >= 4 is 11.6 Å². The fourth-order valence-corrected chi connectivity index (χ4v) is 2.09. The molecule has 1 unspecified atom stereocenters. The highest BCUT2D eigenvalue weighted by atomic mass is 19.1. The fourth-order valence-electron chi connectivity index (χ4n) is 2.09. The molecular formula is C14H17FN4O. The molecule has 0 radical (unpaired) electrons. The molecule has 1 heterocycles. The number of aryl methyl sites for hydroxylation is 2. The third-order valence-corrected chi connectivity index (χ3v) is 3.22. The number of carbonyl (C=O) groups excluding carboxylic acids is 1. The van der Waals surface area contributed by atoms with Crippen LogP contribution in [0.4, 0.5) is 10.1 Å². The van der Waals surface area contributed by atoms with Crippen molar-refractivity contribution in [1.29, 1.82) is 0 Å². The highest BCUT2D eigenvalue weighted by Gasteiger charge is 2.22. The molecule has 0 saturated heterocycles. The minimum Gasteiger partial charge on any atom is -0.370 e. The van der Waals surface area contributed by atoms with Crippen molar-refractivity contribution in [3.8, 4) is 0 Å². The molecule has 0 aliphatic carbocycles. The zero-order valence-corrected chi connectivity index (χ0v) is 11.6. The molecule has 5 nitrogen and oxygen atoms in total. The number of aromatic nitrogens is 2. The minimum absolute atomic E-state index is 0.362. The summed E-state index contributed by atoms with van der Waals surface area (Å²) in [6, 6.07) is 3.75. The van der Waals surface area contributed by atoms with E-state index < -0.39 is 11.9 Å². The van der Waals surface area contributed by atoms with E-state index in [-0.39, 0.29) is 5.82 Å². The van der Waals surface area contributed by atoms with Crippen LogP contribution in [0.25, 0.3) is 0 Å². The second-order valence-corrected chi connectivity index (χ2v) is 4.81. The summed E-state index contributed by atoms with van der Waals surface area (Å²) < 4.78 is 15.0. The van der Waals surface area contributed by atoms with Gasteiger partial charge in [0.2, 0.25) is 5.91 Å². The summed E-state index contributed by atoms with van der Waals surface area (Å²) in [6.45, 7) is 3.62. The summed E-state index contributed by atoms with van der Waals surface area (Å²) in [6.07, 6.45) is 1.59. The number of hydrogen-bond acceptors (Lipinski definition) is 3. The van der Waals surface area contributed by atoms with Crippen LogP contribution in [0.3, 0.4) is 0 Å². The molecule has 6 heteroatoms. The Hall–Kier alpha value is -2.37. The molecule has 20 heavy (non-hydrogen) atoms. The Balaban J connectivity index is 2.35. The van der Waals surface area contributed by atoms with Crippen LogP contribution >= 0.6 is 0 Å². The number of nitrogens with two attached hydrogens (primary N) is 1. The van der Waals surface area contributed by atoms with Gasteiger partial charge in [-0.1, -0.05) is 0 Å². The van der Waals surface area contributed by atoms with Crippen LogP contribution in [0.5, 0.6) is 0 Å². The van der Waals surface area contributed by atoms with Gasteiger partial charge in [-0.05, 0) is 37.6 Å². The smallest absolute Gasteiger partial charge is 0.244 e. The van der Waals surface area contributed by atoms with Gasteiger partial charge < -0.3 is 11.1 Å². The summed E-state index contributed by atoms with van der Waals surface area (Å²) in [5, 5.41) is 7.05. The summed E-state index contributed by atoms with van der Waals surface area (Å²) in [4.78, 5) is 11.7. The molecule has 3 N–H and O–H groups in total. The van der Waals surface area contributed by atoms with E-state index in [1.54, 1.807) is 30.9 Å². The number of nitrogens with one attached hydrogen (secondary N) is 1. The summed E-state index contributed by atoms with van der Waals surface area (Å²) in [5.74, 6) is -0.901. The third-order valence-electron chi connectivity index (χ3n) is 3.22. The van der Waals surface area contributed by atoms with E-state index in [9.17, 15) is 9.18 Å².